The van der Waals surface area contributed by atoms with Gasteiger partial charge in [0.25, 0.3) is 5.91 Å². The van der Waals surface area contributed by atoms with Crippen molar-refractivity contribution in [2.45, 2.75) is 51.6 Å². The lowest BCUT2D eigenvalue weighted by Crippen LogP contribution is -2.33. The van der Waals surface area contributed by atoms with Crippen LogP contribution in [0, 0.1) is 5.92 Å². The molecule has 2 N–H and O–H groups in total. The summed E-state index contributed by atoms with van der Waals surface area (Å²) in [4.78, 5) is 20.6. The Morgan fingerprint density at radius 3 is 2.71 bits per heavy atom. The molecule has 1 amide bonds. The lowest BCUT2D eigenvalue weighted by atomic mass is 9.87. The number of aliphatic hydroxyl groups is 1. The van der Waals surface area contributed by atoms with Gasteiger partial charge in [-0.2, -0.15) is 0 Å². The molecular weight excluding hydrogens is 290 g/mol. The fourth-order valence-electron chi connectivity index (χ4n) is 2.49. The van der Waals surface area contributed by atoms with Crippen LogP contribution in [0.25, 0.3) is 0 Å². The second-order valence-electron chi connectivity index (χ2n) is 5.96. The van der Waals surface area contributed by atoms with Crippen LogP contribution in [0.1, 0.15) is 61.8 Å². The number of nitrogens with one attached hydrogen (secondary N) is 1. The van der Waals surface area contributed by atoms with Gasteiger partial charge < -0.3 is 10.4 Å². The summed E-state index contributed by atoms with van der Waals surface area (Å²) >= 11 is 6.02. The summed E-state index contributed by atoms with van der Waals surface area (Å²) in [6.07, 6.45) is 4.81. The smallest absolute Gasteiger partial charge is 0.271 e. The Morgan fingerprint density at radius 1 is 1.43 bits per heavy atom. The number of nitrogens with zero attached hydrogens (tertiary/aromatic N) is 2. The first-order valence-electron chi connectivity index (χ1n) is 7.46. The van der Waals surface area contributed by atoms with E-state index < -0.39 is 0 Å². The molecule has 1 aromatic heterocycles. The van der Waals surface area contributed by atoms with Crippen LogP contribution >= 0.6 is 11.6 Å². The van der Waals surface area contributed by atoms with Gasteiger partial charge in [0.15, 0.2) is 0 Å². The maximum absolute atomic E-state index is 12.2. The Hall–Kier alpha value is -1.20. The molecule has 0 saturated heterocycles. The fraction of sp³-hybridized carbons (Fsp3) is 0.667. The first-order chi connectivity index (χ1) is 9.97. The van der Waals surface area contributed by atoms with Crippen LogP contribution in [0.4, 0.5) is 0 Å². The van der Waals surface area contributed by atoms with Crippen LogP contribution in [0.2, 0.25) is 5.02 Å². The Morgan fingerprint density at radius 2 is 2.10 bits per heavy atom. The van der Waals surface area contributed by atoms with Gasteiger partial charge in [-0.25, -0.2) is 9.97 Å². The summed E-state index contributed by atoms with van der Waals surface area (Å²) in [5, 5.41) is 12.6. The Kier molecular flexibility index (Phi) is 5.53. The third-order valence-corrected chi connectivity index (χ3v) is 4.14. The van der Waals surface area contributed by atoms with Crippen LogP contribution < -0.4 is 5.32 Å². The topological polar surface area (TPSA) is 75.1 Å². The molecule has 1 aliphatic carbocycles. The predicted octanol–water partition coefficient (Wildman–Crippen LogP) is 2.53. The van der Waals surface area contributed by atoms with Crippen molar-refractivity contribution in [2.75, 3.05) is 6.54 Å². The number of carbonyl (C=O) groups is 1. The highest BCUT2D eigenvalue weighted by molar-refractivity contribution is 6.33. The molecule has 0 aliphatic heterocycles. The third-order valence-electron chi connectivity index (χ3n) is 3.86. The maximum Gasteiger partial charge on any atom is 0.271 e. The number of hydrogen-bond donors (Lipinski definition) is 2. The van der Waals surface area contributed by atoms with E-state index in [0.717, 1.165) is 25.7 Å². The molecule has 5 nitrogen and oxygen atoms in total. The maximum atomic E-state index is 12.2. The molecule has 6 heteroatoms. The molecule has 1 heterocycles. The van der Waals surface area contributed by atoms with E-state index >= 15 is 0 Å². The zero-order valence-electron chi connectivity index (χ0n) is 12.5. The van der Waals surface area contributed by atoms with Gasteiger partial charge in [0.05, 0.1) is 17.3 Å². The van der Waals surface area contributed by atoms with Crippen molar-refractivity contribution in [3.63, 3.8) is 0 Å². The minimum Gasteiger partial charge on any atom is -0.393 e. The molecule has 21 heavy (non-hydrogen) atoms. The van der Waals surface area contributed by atoms with Gasteiger partial charge in [0.2, 0.25) is 0 Å². The molecule has 1 saturated carbocycles. The summed E-state index contributed by atoms with van der Waals surface area (Å²) in [5.41, 5.74) is 0.242. The number of aromatic nitrogens is 2. The van der Waals surface area contributed by atoms with Crippen LogP contribution in [0.5, 0.6) is 0 Å². The highest BCUT2D eigenvalue weighted by atomic mass is 35.5. The van der Waals surface area contributed by atoms with Crippen molar-refractivity contribution < 1.29 is 9.90 Å². The molecule has 116 valence electrons. The van der Waals surface area contributed by atoms with Crippen molar-refractivity contribution in [1.82, 2.24) is 15.3 Å². The van der Waals surface area contributed by atoms with Crippen molar-refractivity contribution in [2.24, 2.45) is 5.92 Å². The van der Waals surface area contributed by atoms with E-state index in [1.54, 1.807) is 0 Å². The van der Waals surface area contributed by atoms with E-state index in [0.29, 0.717) is 18.3 Å². The van der Waals surface area contributed by atoms with Gasteiger partial charge in [-0.3, -0.25) is 4.79 Å². The van der Waals surface area contributed by atoms with Gasteiger partial charge in [-0.1, -0.05) is 25.4 Å². The molecule has 0 atom stereocenters. The van der Waals surface area contributed by atoms with E-state index in [1.807, 2.05) is 13.8 Å². The quantitative estimate of drug-likeness (QED) is 0.896. The Bertz CT molecular complexity index is 500. The van der Waals surface area contributed by atoms with E-state index in [9.17, 15) is 9.90 Å². The zero-order chi connectivity index (χ0) is 15.4. The average Bonchev–Trinajstić information content (AvgIpc) is 2.46. The molecule has 0 radical (unpaired) electrons. The number of hydrogen-bond acceptors (Lipinski definition) is 4. The summed E-state index contributed by atoms with van der Waals surface area (Å²) in [5.74, 6) is 0.928. The van der Waals surface area contributed by atoms with Crippen LogP contribution in [0.3, 0.4) is 0 Å². The number of rotatable bonds is 4. The SMILES string of the molecule is CC(C)c1ncc(Cl)c(C(=O)NCC2CCC(O)CC2)n1. The van der Waals surface area contributed by atoms with Gasteiger partial charge in [0.1, 0.15) is 11.5 Å². The second kappa shape index (κ2) is 7.18. The minimum atomic E-state index is -0.254. The monoisotopic (exact) mass is 311 g/mol. The normalized spacial score (nSPS) is 22.3. The summed E-state index contributed by atoms with van der Waals surface area (Å²) in [6, 6.07) is 0. The molecule has 1 fully saturated rings. The summed E-state index contributed by atoms with van der Waals surface area (Å²) in [7, 11) is 0. The highest BCUT2D eigenvalue weighted by Crippen LogP contribution is 2.23. The molecule has 1 aromatic rings. The first kappa shape index (κ1) is 16.2. The molecule has 0 spiro atoms. The largest absolute Gasteiger partial charge is 0.393 e. The van der Waals surface area contributed by atoms with Crippen LogP contribution in [0.15, 0.2) is 6.20 Å². The summed E-state index contributed by atoms with van der Waals surface area (Å²) in [6.45, 7) is 4.54. The van der Waals surface area contributed by atoms with Crippen molar-refractivity contribution in [1.29, 1.82) is 0 Å². The molecule has 2 rings (SSSR count). The standard InChI is InChI=1S/C15H22ClN3O2/c1-9(2)14-17-8-12(16)13(19-14)15(21)18-7-10-3-5-11(20)6-4-10/h8-11,20H,3-7H2,1-2H3,(H,18,21). The van der Waals surface area contributed by atoms with Crippen molar-refractivity contribution in [3.05, 3.63) is 22.7 Å². The molecule has 0 aromatic carbocycles. The van der Waals surface area contributed by atoms with Crippen LogP contribution in [-0.2, 0) is 0 Å². The number of aliphatic hydroxyl groups excluding tert-OH is 1. The van der Waals surface area contributed by atoms with Crippen LogP contribution in [-0.4, -0.2) is 33.6 Å². The molecule has 0 bridgehead atoms. The second-order valence-corrected chi connectivity index (χ2v) is 6.37. The lowest BCUT2D eigenvalue weighted by molar-refractivity contribution is 0.0905. The van der Waals surface area contributed by atoms with E-state index in [1.165, 1.54) is 6.20 Å². The number of halogens is 1. The van der Waals surface area contributed by atoms with Gasteiger partial charge in [0, 0.05) is 12.5 Å². The molecule has 0 unspecified atom stereocenters. The Labute approximate surface area is 130 Å². The van der Waals surface area contributed by atoms with Gasteiger partial charge >= 0.3 is 0 Å². The fourth-order valence-corrected chi connectivity index (χ4v) is 2.66. The van der Waals surface area contributed by atoms with E-state index in [-0.39, 0.29) is 28.6 Å². The van der Waals surface area contributed by atoms with Crippen molar-refractivity contribution >= 4 is 17.5 Å². The molecule has 1 aliphatic rings. The minimum absolute atomic E-state index is 0.147. The van der Waals surface area contributed by atoms with Gasteiger partial charge in [-0.15, -0.1) is 0 Å². The van der Waals surface area contributed by atoms with E-state index in [4.69, 9.17) is 11.6 Å². The van der Waals surface area contributed by atoms with E-state index in [2.05, 4.69) is 15.3 Å². The average molecular weight is 312 g/mol. The highest BCUT2D eigenvalue weighted by Gasteiger charge is 2.21. The molecular formula is C15H22ClN3O2. The van der Waals surface area contributed by atoms with Crippen molar-refractivity contribution in [3.8, 4) is 0 Å². The summed E-state index contributed by atoms with van der Waals surface area (Å²) < 4.78 is 0. The predicted molar refractivity (Wildman–Crippen MR) is 81.4 cm³/mol. The Balaban J connectivity index is 1.95. The third kappa shape index (κ3) is 4.38. The number of amides is 1. The first-order valence-corrected chi connectivity index (χ1v) is 7.84. The zero-order valence-corrected chi connectivity index (χ0v) is 13.2. The lowest BCUT2D eigenvalue weighted by Gasteiger charge is -2.25. The number of carbonyl (C=O) groups excluding carboxylic acids is 1. The van der Waals surface area contributed by atoms with Gasteiger partial charge in [-0.05, 0) is 31.6 Å².